The predicted molar refractivity (Wildman–Crippen MR) is 145 cm³/mol. The van der Waals surface area contributed by atoms with Crippen LogP contribution in [0.2, 0.25) is 0 Å². The second-order valence-corrected chi connectivity index (χ2v) is 8.42. The number of nitrogens with zero attached hydrogens (tertiary/aromatic N) is 3. The molecule has 4 aromatic rings. The van der Waals surface area contributed by atoms with Crippen molar-refractivity contribution in [1.29, 1.82) is 5.41 Å². The van der Waals surface area contributed by atoms with E-state index in [4.69, 9.17) is 15.4 Å². The second kappa shape index (κ2) is 13.4. The summed E-state index contributed by atoms with van der Waals surface area (Å²) in [6.07, 6.45) is 6.87. The van der Waals surface area contributed by atoms with Crippen molar-refractivity contribution in [2.45, 2.75) is 44.6 Å². The van der Waals surface area contributed by atoms with Gasteiger partial charge in [-0.3, -0.25) is 0 Å². The van der Waals surface area contributed by atoms with Gasteiger partial charge in [0, 0.05) is 23.4 Å². The smallest absolute Gasteiger partial charge is 0.481 e. The molecular weight excluding hydrogens is 513 g/mol. The molecule has 0 amide bonds. The van der Waals surface area contributed by atoms with E-state index in [0.717, 1.165) is 39.1 Å². The number of rotatable bonds is 6. The monoisotopic (exact) mass is 543 g/mol. The number of hydrogen-bond donors (Lipinski definition) is 4. The zero-order valence-electron chi connectivity index (χ0n) is 20.7. The molecule has 0 saturated heterocycles. The number of alkyl halides is 1. The molecule has 1 aliphatic carbocycles. The fourth-order valence-corrected chi connectivity index (χ4v) is 4.57. The van der Waals surface area contributed by atoms with Gasteiger partial charge in [-0.05, 0) is 48.8 Å². The van der Waals surface area contributed by atoms with E-state index in [1.165, 1.54) is 37.7 Å². The minimum absolute atomic E-state index is 0. The maximum absolute atomic E-state index is 8.13. The SMILES string of the molecule is CBr.CN[N-]C(=N)c1ccc2c(c1)[nH]c1nc(Cc3ccccc3)nc(NC3CCCCC3)c12.[Na+]. The molecule has 0 aliphatic heterocycles. The van der Waals surface area contributed by atoms with E-state index in [-0.39, 0.29) is 35.4 Å². The maximum atomic E-state index is 8.13. The Morgan fingerprint density at radius 1 is 1.09 bits per heavy atom. The fraction of sp³-hybridized carbons (Fsp3) is 0.346. The molecule has 2 heterocycles. The molecular formula is C26H31BrN7Na. The van der Waals surface area contributed by atoms with E-state index in [9.17, 15) is 0 Å². The molecule has 1 saturated carbocycles. The van der Waals surface area contributed by atoms with Gasteiger partial charge in [0.2, 0.25) is 0 Å². The van der Waals surface area contributed by atoms with Crippen LogP contribution in [0.5, 0.6) is 0 Å². The minimum atomic E-state index is 0. The molecule has 178 valence electrons. The third kappa shape index (κ3) is 6.62. The fourth-order valence-electron chi connectivity index (χ4n) is 4.57. The van der Waals surface area contributed by atoms with Crippen LogP contribution in [0.1, 0.15) is 49.1 Å². The largest absolute Gasteiger partial charge is 1.00 e. The average Bonchev–Trinajstić information content (AvgIpc) is 3.24. The number of halogens is 1. The molecule has 1 fully saturated rings. The van der Waals surface area contributed by atoms with Gasteiger partial charge in [0.05, 0.1) is 5.39 Å². The summed E-state index contributed by atoms with van der Waals surface area (Å²) in [7, 11) is 1.70. The van der Waals surface area contributed by atoms with Crippen molar-refractivity contribution < 1.29 is 29.6 Å². The number of nitrogens with one attached hydrogen (secondary N) is 4. The molecule has 35 heavy (non-hydrogen) atoms. The van der Waals surface area contributed by atoms with Gasteiger partial charge in [-0.15, -0.1) is 0 Å². The molecule has 5 rings (SSSR count). The number of H-pyrrole nitrogens is 1. The summed E-state index contributed by atoms with van der Waals surface area (Å²) in [5.74, 6) is 3.71. The van der Waals surface area contributed by atoms with Crippen molar-refractivity contribution in [2.24, 2.45) is 0 Å². The zero-order chi connectivity index (χ0) is 23.9. The molecule has 7 nitrogen and oxygen atoms in total. The molecule has 4 N–H and O–H groups in total. The Labute approximate surface area is 237 Å². The first-order valence-corrected chi connectivity index (χ1v) is 13.3. The molecule has 9 heteroatoms. The standard InChI is InChI=1S/C25H28N7.CH3Br.Na/c1-27-32-23(26)17-12-13-19-20(15-17)29-25-22(19)24(28-18-10-6-3-7-11-18)30-21(31-25)14-16-8-4-2-5-9-16;1-2;/h2,4-5,8-9,12-13,15,18,27H,3,6-7,10-11,14H2,1H3,(H3-,26,28,29,30,31,32);1H3;/q-1;;+1. The van der Waals surface area contributed by atoms with Gasteiger partial charge in [-0.1, -0.05) is 77.7 Å². The van der Waals surface area contributed by atoms with Gasteiger partial charge in [-0.2, -0.15) is 0 Å². The quantitative estimate of drug-likeness (QED) is 0.0984. The Kier molecular flexibility index (Phi) is 10.5. The third-order valence-electron chi connectivity index (χ3n) is 6.15. The number of aromatic nitrogens is 3. The molecule has 0 atom stereocenters. The number of benzene rings is 2. The molecule has 1 aliphatic rings. The number of fused-ring (bicyclic) bond motifs is 3. The average molecular weight is 544 g/mol. The summed E-state index contributed by atoms with van der Waals surface area (Å²) >= 11 is 2.94. The number of amidine groups is 1. The number of hydrogen-bond acceptors (Lipinski definition) is 5. The zero-order valence-corrected chi connectivity index (χ0v) is 24.2. The van der Waals surface area contributed by atoms with Gasteiger partial charge in [-0.25, -0.2) is 9.97 Å². The van der Waals surface area contributed by atoms with E-state index in [1.54, 1.807) is 7.05 Å². The van der Waals surface area contributed by atoms with Crippen LogP contribution in [-0.2, 0) is 6.42 Å². The van der Waals surface area contributed by atoms with E-state index < -0.39 is 0 Å². The Bertz CT molecular complexity index is 1250. The minimum Gasteiger partial charge on any atom is -0.481 e. The van der Waals surface area contributed by atoms with Crippen LogP contribution in [0, 0.1) is 5.41 Å². The van der Waals surface area contributed by atoms with E-state index in [2.05, 4.69) is 49.2 Å². The Balaban J connectivity index is 0.00000111. The van der Waals surface area contributed by atoms with E-state index >= 15 is 0 Å². The van der Waals surface area contributed by atoms with Gasteiger partial charge in [0.15, 0.2) is 0 Å². The molecule has 0 radical (unpaired) electrons. The summed E-state index contributed by atoms with van der Waals surface area (Å²) in [5.41, 5.74) is 10.4. The van der Waals surface area contributed by atoms with E-state index in [0.29, 0.717) is 12.5 Å². The normalized spacial score (nSPS) is 13.6. The first kappa shape index (κ1) is 27.6. The molecule has 0 spiro atoms. The first-order chi connectivity index (χ1) is 16.7. The van der Waals surface area contributed by atoms with Crippen LogP contribution in [-0.4, -0.2) is 39.7 Å². The van der Waals surface area contributed by atoms with Gasteiger partial charge in [0.25, 0.3) is 0 Å². The van der Waals surface area contributed by atoms with Crippen molar-refractivity contribution in [3.63, 3.8) is 0 Å². The molecule has 2 aromatic carbocycles. The van der Waals surface area contributed by atoms with Crippen molar-refractivity contribution in [2.75, 3.05) is 18.2 Å². The van der Waals surface area contributed by atoms with Crippen molar-refractivity contribution >= 4 is 49.5 Å². The van der Waals surface area contributed by atoms with Crippen LogP contribution in [0.3, 0.4) is 0 Å². The van der Waals surface area contributed by atoms with Crippen LogP contribution < -0.4 is 40.3 Å². The van der Waals surface area contributed by atoms with E-state index in [1.807, 2.05) is 42.2 Å². The van der Waals surface area contributed by atoms with Crippen LogP contribution >= 0.6 is 15.9 Å². The van der Waals surface area contributed by atoms with Gasteiger partial charge < -0.3 is 26.6 Å². The summed E-state index contributed by atoms with van der Waals surface area (Å²) in [6, 6.07) is 16.7. The summed E-state index contributed by atoms with van der Waals surface area (Å²) < 4.78 is 0. The van der Waals surface area contributed by atoms with Crippen molar-refractivity contribution in [3.05, 3.63) is 70.9 Å². The molecule has 0 bridgehead atoms. The summed E-state index contributed by atoms with van der Waals surface area (Å²) in [4.78, 5) is 13.3. The predicted octanol–water partition coefficient (Wildman–Crippen LogP) is 3.30. The summed E-state index contributed by atoms with van der Waals surface area (Å²) in [6.45, 7) is 0. The second-order valence-electron chi connectivity index (χ2n) is 8.42. The van der Waals surface area contributed by atoms with Crippen molar-refractivity contribution in [3.8, 4) is 0 Å². The van der Waals surface area contributed by atoms with Crippen LogP contribution in [0.25, 0.3) is 27.4 Å². The molecule has 2 aromatic heterocycles. The summed E-state index contributed by atoms with van der Waals surface area (Å²) in [5, 5.41) is 14.0. The number of aromatic amines is 1. The Hall–Kier alpha value is -1.97. The van der Waals surface area contributed by atoms with Crippen LogP contribution in [0.15, 0.2) is 48.5 Å². The first-order valence-electron chi connectivity index (χ1n) is 11.7. The Morgan fingerprint density at radius 2 is 1.83 bits per heavy atom. The van der Waals surface area contributed by atoms with Crippen LogP contribution in [0.4, 0.5) is 5.82 Å². The van der Waals surface area contributed by atoms with Gasteiger partial charge in [0.1, 0.15) is 17.3 Å². The van der Waals surface area contributed by atoms with Crippen molar-refractivity contribution in [1.82, 2.24) is 20.4 Å². The maximum Gasteiger partial charge on any atom is 1.00 e. The van der Waals surface area contributed by atoms with Gasteiger partial charge >= 0.3 is 29.6 Å². The third-order valence-corrected chi connectivity index (χ3v) is 6.15. The number of anilines is 1. The Morgan fingerprint density at radius 3 is 2.54 bits per heavy atom. The molecule has 0 unspecified atom stereocenters. The topological polar surface area (TPSA) is 104 Å².